The molecular formula is C15H18ClFN4O. The topological polar surface area (TPSA) is 43.2 Å². The van der Waals surface area contributed by atoms with Gasteiger partial charge in [0.25, 0.3) is 0 Å². The molecule has 118 valence electrons. The lowest BCUT2D eigenvalue weighted by atomic mass is 10.1. The van der Waals surface area contributed by atoms with Crippen LogP contribution in [0.5, 0.6) is 0 Å². The summed E-state index contributed by atoms with van der Waals surface area (Å²) in [7, 11) is 1.65. The lowest BCUT2D eigenvalue weighted by Crippen LogP contribution is -2.37. The maximum absolute atomic E-state index is 13.6. The standard InChI is InChI=1S/C15H18ClFN4O/c1-10-15-19-18-14(9-22-2)21(15)6-5-20(10)8-11-3-4-12(16)13(17)7-11/h3-4,7,10H,5-6,8-9H2,1-2H3. The predicted molar refractivity (Wildman–Crippen MR) is 81.0 cm³/mol. The monoisotopic (exact) mass is 324 g/mol. The molecule has 2 aromatic rings. The summed E-state index contributed by atoms with van der Waals surface area (Å²) in [5, 5.41) is 8.62. The molecule has 1 aliphatic heterocycles. The van der Waals surface area contributed by atoms with E-state index in [9.17, 15) is 4.39 Å². The molecule has 22 heavy (non-hydrogen) atoms. The smallest absolute Gasteiger partial charge is 0.159 e. The number of rotatable bonds is 4. The number of benzene rings is 1. The Labute approximate surface area is 133 Å². The minimum Gasteiger partial charge on any atom is -0.377 e. The third kappa shape index (κ3) is 2.86. The van der Waals surface area contributed by atoms with Crippen LogP contribution in [0.3, 0.4) is 0 Å². The summed E-state index contributed by atoms with van der Waals surface area (Å²) in [5.74, 6) is 1.39. The average Bonchev–Trinajstić information content (AvgIpc) is 2.90. The van der Waals surface area contributed by atoms with Crippen LogP contribution in [0.15, 0.2) is 18.2 Å². The molecule has 0 fully saturated rings. The summed E-state index contributed by atoms with van der Waals surface area (Å²) in [6, 6.07) is 5.06. The molecule has 0 N–H and O–H groups in total. The van der Waals surface area contributed by atoms with Gasteiger partial charge in [-0.05, 0) is 24.6 Å². The Morgan fingerprint density at radius 1 is 1.36 bits per heavy atom. The molecule has 1 aromatic heterocycles. The van der Waals surface area contributed by atoms with Gasteiger partial charge in [0.05, 0.1) is 11.1 Å². The van der Waals surface area contributed by atoms with Gasteiger partial charge in [0.15, 0.2) is 5.82 Å². The first-order valence-corrected chi connectivity index (χ1v) is 7.57. The van der Waals surface area contributed by atoms with Crippen LogP contribution in [0.2, 0.25) is 5.02 Å². The minimum atomic E-state index is -0.380. The summed E-state index contributed by atoms with van der Waals surface area (Å²) in [5.41, 5.74) is 0.902. The Morgan fingerprint density at radius 2 is 2.18 bits per heavy atom. The zero-order chi connectivity index (χ0) is 15.7. The maximum atomic E-state index is 13.6. The summed E-state index contributed by atoms with van der Waals surface area (Å²) < 4.78 is 20.8. The fourth-order valence-electron chi connectivity index (χ4n) is 2.81. The van der Waals surface area contributed by atoms with Crippen molar-refractivity contribution in [2.24, 2.45) is 0 Å². The molecule has 0 spiro atoms. The molecule has 0 radical (unpaired) electrons. The second kappa shape index (κ2) is 6.32. The van der Waals surface area contributed by atoms with Crippen molar-refractivity contribution in [2.45, 2.75) is 32.7 Å². The fourth-order valence-corrected chi connectivity index (χ4v) is 2.93. The van der Waals surface area contributed by atoms with Crippen LogP contribution in [-0.4, -0.2) is 33.3 Å². The number of halogens is 2. The number of nitrogens with zero attached hydrogens (tertiary/aromatic N) is 4. The molecule has 1 aromatic carbocycles. The molecular weight excluding hydrogens is 307 g/mol. The van der Waals surface area contributed by atoms with E-state index < -0.39 is 0 Å². The van der Waals surface area contributed by atoms with E-state index in [1.165, 1.54) is 6.07 Å². The molecule has 0 aliphatic carbocycles. The highest BCUT2D eigenvalue weighted by molar-refractivity contribution is 6.30. The molecule has 0 bridgehead atoms. The molecule has 0 saturated heterocycles. The quantitative estimate of drug-likeness (QED) is 0.867. The lowest BCUT2D eigenvalue weighted by molar-refractivity contribution is 0.143. The average molecular weight is 325 g/mol. The first kappa shape index (κ1) is 15.4. The van der Waals surface area contributed by atoms with Crippen LogP contribution in [0, 0.1) is 5.82 Å². The molecule has 5 nitrogen and oxygen atoms in total. The summed E-state index contributed by atoms with van der Waals surface area (Å²) >= 11 is 5.73. The van der Waals surface area contributed by atoms with E-state index >= 15 is 0 Å². The Kier molecular flexibility index (Phi) is 4.42. The number of fused-ring (bicyclic) bond motifs is 1. The molecule has 3 rings (SSSR count). The third-order valence-corrected chi connectivity index (χ3v) is 4.34. The fraction of sp³-hybridized carbons (Fsp3) is 0.467. The molecule has 2 heterocycles. The van der Waals surface area contributed by atoms with Crippen molar-refractivity contribution in [3.8, 4) is 0 Å². The van der Waals surface area contributed by atoms with Crippen LogP contribution in [0.25, 0.3) is 0 Å². The van der Waals surface area contributed by atoms with E-state index in [-0.39, 0.29) is 16.9 Å². The maximum Gasteiger partial charge on any atom is 0.159 e. The Morgan fingerprint density at radius 3 is 2.91 bits per heavy atom. The second-order valence-corrected chi connectivity index (χ2v) is 5.86. The van der Waals surface area contributed by atoms with Crippen LogP contribution in [-0.2, 0) is 24.4 Å². The molecule has 1 aliphatic rings. The molecule has 1 unspecified atom stereocenters. The van der Waals surface area contributed by atoms with E-state index in [2.05, 4.69) is 26.6 Å². The lowest BCUT2D eigenvalue weighted by Gasteiger charge is -2.33. The van der Waals surface area contributed by atoms with Crippen molar-refractivity contribution in [1.29, 1.82) is 0 Å². The van der Waals surface area contributed by atoms with Crippen LogP contribution in [0.4, 0.5) is 4.39 Å². The summed E-state index contributed by atoms with van der Waals surface area (Å²) in [6.07, 6.45) is 0. The van der Waals surface area contributed by atoms with E-state index in [0.29, 0.717) is 13.2 Å². The highest BCUT2D eigenvalue weighted by Crippen LogP contribution is 2.27. The van der Waals surface area contributed by atoms with Crippen LogP contribution in [0.1, 0.15) is 30.2 Å². The number of aromatic nitrogens is 3. The third-order valence-electron chi connectivity index (χ3n) is 4.03. The highest BCUT2D eigenvalue weighted by Gasteiger charge is 2.28. The minimum absolute atomic E-state index is 0.116. The second-order valence-electron chi connectivity index (χ2n) is 5.45. The predicted octanol–water partition coefficient (Wildman–Crippen LogP) is 2.79. The van der Waals surface area contributed by atoms with Gasteiger partial charge in [-0.1, -0.05) is 17.7 Å². The normalized spacial score (nSPS) is 18.5. The van der Waals surface area contributed by atoms with Gasteiger partial charge in [-0.3, -0.25) is 4.90 Å². The number of hydrogen-bond acceptors (Lipinski definition) is 4. The molecule has 1 atom stereocenters. The van der Waals surface area contributed by atoms with Crippen molar-refractivity contribution < 1.29 is 9.13 Å². The van der Waals surface area contributed by atoms with E-state index in [0.717, 1.165) is 30.3 Å². The largest absolute Gasteiger partial charge is 0.377 e. The molecule has 0 amide bonds. The highest BCUT2D eigenvalue weighted by atomic mass is 35.5. The van der Waals surface area contributed by atoms with Gasteiger partial charge in [0, 0.05) is 26.7 Å². The van der Waals surface area contributed by atoms with Gasteiger partial charge >= 0.3 is 0 Å². The van der Waals surface area contributed by atoms with E-state index in [1.807, 2.05) is 6.07 Å². The van der Waals surface area contributed by atoms with Crippen molar-refractivity contribution in [2.75, 3.05) is 13.7 Å². The Balaban J connectivity index is 1.77. The van der Waals surface area contributed by atoms with Crippen LogP contribution >= 0.6 is 11.6 Å². The molecule has 7 heteroatoms. The first-order chi connectivity index (χ1) is 10.6. The van der Waals surface area contributed by atoms with Crippen LogP contribution < -0.4 is 0 Å². The summed E-state index contributed by atoms with van der Waals surface area (Å²) in [4.78, 5) is 2.25. The van der Waals surface area contributed by atoms with Gasteiger partial charge in [-0.15, -0.1) is 10.2 Å². The van der Waals surface area contributed by atoms with Gasteiger partial charge in [0.2, 0.25) is 0 Å². The number of ether oxygens (including phenoxy) is 1. The van der Waals surface area contributed by atoms with Gasteiger partial charge in [-0.2, -0.15) is 0 Å². The Bertz CT molecular complexity index is 676. The number of hydrogen-bond donors (Lipinski definition) is 0. The van der Waals surface area contributed by atoms with Gasteiger partial charge < -0.3 is 9.30 Å². The Hall–Kier alpha value is -1.50. The van der Waals surface area contributed by atoms with E-state index in [4.69, 9.17) is 16.3 Å². The zero-order valence-electron chi connectivity index (χ0n) is 12.6. The first-order valence-electron chi connectivity index (χ1n) is 7.19. The number of methoxy groups -OCH3 is 1. The van der Waals surface area contributed by atoms with Crippen molar-refractivity contribution in [1.82, 2.24) is 19.7 Å². The summed E-state index contributed by atoms with van der Waals surface area (Å²) in [6.45, 7) is 4.86. The van der Waals surface area contributed by atoms with Crippen molar-refractivity contribution in [3.05, 3.63) is 46.3 Å². The SMILES string of the molecule is COCc1nnc2n1CCN(Cc1ccc(Cl)c(F)c1)C2C. The zero-order valence-corrected chi connectivity index (χ0v) is 13.3. The van der Waals surface area contributed by atoms with Gasteiger partial charge in [-0.25, -0.2) is 4.39 Å². The van der Waals surface area contributed by atoms with Crippen molar-refractivity contribution in [3.63, 3.8) is 0 Å². The van der Waals surface area contributed by atoms with Gasteiger partial charge in [0.1, 0.15) is 18.2 Å². The molecule has 0 saturated carbocycles. The van der Waals surface area contributed by atoms with Crippen molar-refractivity contribution >= 4 is 11.6 Å². The van der Waals surface area contributed by atoms with E-state index in [1.54, 1.807) is 13.2 Å².